The molecule has 0 spiro atoms. The number of anilines is 2. The molecule has 2 amide bonds. The Hall–Kier alpha value is -3.15. The molecule has 126 valence electrons. The molecule has 1 heterocycles. The number of hydrogen-bond donors (Lipinski definition) is 2. The van der Waals surface area contributed by atoms with Crippen LogP contribution in [0.3, 0.4) is 0 Å². The number of halogens is 1. The first-order valence-corrected chi connectivity index (χ1v) is 8.00. The van der Waals surface area contributed by atoms with Gasteiger partial charge in [0.25, 0.3) is 5.91 Å². The van der Waals surface area contributed by atoms with Gasteiger partial charge < -0.3 is 15.1 Å². The molecule has 5 nitrogen and oxygen atoms in total. The van der Waals surface area contributed by atoms with Gasteiger partial charge in [0, 0.05) is 17.0 Å². The van der Waals surface area contributed by atoms with Crippen molar-refractivity contribution in [3.63, 3.8) is 0 Å². The largest absolute Gasteiger partial charge is 0.451 e. The van der Waals surface area contributed by atoms with Crippen molar-refractivity contribution in [3.05, 3.63) is 60.1 Å². The Bertz CT molecular complexity index is 943. The lowest BCUT2D eigenvalue weighted by Gasteiger charge is -2.09. The summed E-state index contributed by atoms with van der Waals surface area (Å²) in [5.74, 6) is -1.06. The van der Waals surface area contributed by atoms with Gasteiger partial charge in [-0.3, -0.25) is 9.59 Å². The molecule has 1 aromatic heterocycles. The maximum Gasteiger partial charge on any atom is 0.291 e. The summed E-state index contributed by atoms with van der Waals surface area (Å²) < 4.78 is 19.4. The summed E-state index contributed by atoms with van der Waals surface area (Å²) in [5.41, 5.74) is 1.04. The lowest BCUT2D eigenvalue weighted by Crippen LogP contribution is -2.15. The molecule has 0 atom stereocenters. The van der Waals surface area contributed by atoms with Crippen molar-refractivity contribution in [1.82, 2.24) is 0 Å². The number of para-hydroxylation sites is 1. The average Bonchev–Trinajstić information content (AvgIpc) is 3.36. The van der Waals surface area contributed by atoms with Crippen molar-refractivity contribution >= 4 is 34.2 Å². The Balaban J connectivity index is 1.53. The van der Waals surface area contributed by atoms with Crippen LogP contribution in [0, 0.1) is 11.7 Å². The van der Waals surface area contributed by atoms with E-state index in [1.807, 2.05) is 18.2 Å². The van der Waals surface area contributed by atoms with E-state index in [4.69, 9.17) is 4.42 Å². The highest BCUT2D eigenvalue weighted by atomic mass is 19.1. The van der Waals surface area contributed by atoms with Gasteiger partial charge in [0.05, 0.1) is 5.69 Å². The Labute approximate surface area is 142 Å². The van der Waals surface area contributed by atoms with Crippen LogP contribution in [-0.4, -0.2) is 11.8 Å². The van der Waals surface area contributed by atoms with Crippen LogP contribution in [0.2, 0.25) is 0 Å². The first-order chi connectivity index (χ1) is 12.1. The van der Waals surface area contributed by atoms with Gasteiger partial charge >= 0.3 is 0 Å². The summed E-state index contributed by atoms with van der Waals surface area (Å²) in [7, 11) is 0. The van der Waals surface area contributed by atoms with Crippen molar-refractivity contribution < 1.29 is 18.4 Å². The van der Waals surface area contributed by atoms with Gasteiger partial charge in [-0.2, -0.15) is 0 Å². The Morgan fingerprint density at radius 2 is 1.84 bits per heavy atom. The first-order valence-electron chi connectivity index (χ1n) is 8.00. The summed E-state index contributed by atoms with van der Waals surface area (Å²) >= 11 is 0. The molecule has 2 N–H and O–H groups in total. The number of amides is 2. The third-order valence-corrected chi connectivity index (χ3v) is 4.08. The van der Waals surface area contributed by atoms with Crippen LogP contribution < -0.4 is 10.6 Å². The van der Waals surface area contributed by atoms with Crippen LogP contribution in [0.4, 0.5) is 15.8 Å². The summed E-state index contributed by atoms with van der Waals surface area (Å²) in [6.45, 7) is 0. The van der Waals surface area contributed by atoms with Crippen LogP contribution >= 0.6 is 0 Å². The average molecular weight is 338 g/mol. The number of carbonyl (C=O) groups is 2. The molecule has 0 bridgehead atoms. The molecule has 4 rings (SSSR count). The molecule has 0 unspecified atom stereocenters. The van der Waals surface area contributed by atoms with E-state index in [-0.39, 0.29) is 23.3 Å². The van der Waals surface area contributed by atoms with Crippen molar-refractivity contribution in [2.75, 3.05) is 10.6 Å². The predicted octanol–water partition coefficient (Wildman–Crippen LogP) is 4.17. The second kappa shape index (κ2) is 6.05. The first kappa shape index (κ1) is 15.4. The van der Waals surface area contributed by atoms with E-state index in [9.17, 15) is 14.0 Å². The molecule has 0 radical (unpaired) electrons. The monoisotopic (exact) mass is 338 g/mol. The topological polar surface area (TPSA) is 71.3 Å². The van der Waals surface area contributed by atoms with E-state index in [0.29, 0.717) is 11.3 Å². The van der Waals surface area contributed by atoms with E-state index in [0.717, 1.165) is 18.2 Å². The molecule has 1 aliphatic rings. The number of hydrogen-bond acceptors (Lipinski definition) is 3. The van der Waals surface area contributed by atoms with Crippen molar-refractivity contribution in [3.8, 4) is 0 Å². The highest BCUT2D eigenvalue weighted by molar-refractivity contribution is 6.05. The fraction of sp³-hybridized carbons (Fsp3) is 0.158. The third kappa shape index (κ3) is 3.24. The Morgan fingerprint density at radius 1 is 1.04 bits per heavy atom. The maximum atomic E-state index is 13.9. The van der Waals surface area contributed by atoms with Gasteiger partial charge in [0.15, 0.2) is 5.76 Å². The highest BCUT2D eigenvalue weighted by Crippen LogP contribution is 2.31. The van der Waals surface area contributed by atoms with E-state index in [1.54, 1.807) is 12.1 Å². The smallest absolute Gasteiger partial charge is 0.291 e. The molecule has 1 aliphatic carbocycles. The van der Waals surface area contributed by atoms with E-state index in [2.05, 4.69) is 10.6 Å². The van der Waals surface area contributed by atoms with Gasteiger partial charge in [-0.05, 0) is 43.2 Å². The van der Waals surface area contributed by atoms with Crippen molar-refractivity contribution in [1.29, 1.82) is 0 Å². The molecule has 0 saturated heterocycles. The second-order valence-electron chi connectivity index (χ2n) is 6.06. The molecule has 6 heteroatoms. The zero-order valence-corrected chi connectivity index (χ0v) is 13.2. The standard InChI is InChI=1S/C19H15FN2O3/c20-14-8-7-13(10-15(14)22-18(23)11-5-6-11)21-19(24)17-9-12-3-1-2-4-16(12)25-17/h1-4,7-11H,5-6H2,(H,21,24)(H,22,23). The van der Waals surface area contributed by atoms with Gasteiger partial charge in [0.1, 0.15) is 11.4 Å². The van der Waals surface area contributed by atoms with Gasteiger partial charge in [-0.1, -0.05) is 18.2 Å². The fourth-order valence-corrected chi connectivity index (χ4v) is 2.57. The number of fused-ring (bicyclic) bond motifs is 1. The molecule has 1 fully saturated rings. The molecule has 25 heavy (non-hydrogen) atoms. The summed E-state index contributed by atoms with van der Waals surface area (Å²) in [6, 6.07) is 13.0. The van der Waals surface area contributed by atoms with Gasteiger partial charge in [0.2, 0.25) is 5.91 Å². The second-order valence-corrected chi connectivity index (χ2v) is 6.06. The summed E-state index contributed by atoms with van der Waals surface area (Å²) in [5, 5.41) is 6.04. The minimum atomic E-state index is -0.546. The number of rotatable bonds is 4. The predicted molar refractivity (Wildman–Crippen MR) is 91.9 cm³/mol. The van der Waals surface area contributed by atoms with E-state index < -0.39 is 11.7 Å². The van der Waals surface area contributed by atoms with Gasteiger partial charge in [-0.15, -0.1) is 0 Å². The van der Waals surface area contributed by atoms with Crippen LogP contribution in [0.15, 0.2) is 52.9 Å². The Kier molecular flexibility index (Phi) is 3.72. The maximum absolute atomic E-state index is 13.9. The highest BCUT2D eigenvalue weighted by Gasteiger charge is 2.30. The quantitative estimate of drug-likeness (QED) is 0.750. The molecular weight excluding hydrogens is 323 g/mol. The Morgan fingerprint density at radius 3 is 2.60 bits per heavy atom. The number of benzene rings is 2. The van der Waals surface area contributed by atoms with E-state index >= 15 is 0 Å². The molecule has 1 saturated carbocycles. The summed E-state index contributed by atoms with van der Waals surface area (Å²) in [6.07, 6.45) is 1.66. The summed E-state index contributed by atoms with van der Waals surface area (Å²) in [4.78, 5) is 24.1. The van der Waals surface area contributed by atoms with Crippen LogP contribution in [-0.2, 0) is 4.79 Å². The lowest BCUT2D eigenvalue weighted by molar-refractivity contribution is -0.117. The minimum Gasteiger partial charge on any atom is -0.451 e. The SMILES string of the molecule is O=C(Nc1ccc(F)c(NC(=O)C2CC2)c1)c1cc2ccccc2o1. The van der Waals surface area contributed by atoms with Crippen molar-refractivity contribution in [2.24, 2.45) is 5.92 Å². The van der Waals surface area contributed by atoms with Crippen molar-refractivity contribution in [2.45, 2.75) is 12.8 Å². The third-order valence-electron chi connectivity index (χ3n) is 4.08. The fourth-order valence-electron chi connectivity index (χ4n) is 2.57. The molecule has 2 aromatic carbocycles. The normalized spacial score (nSPS) is 13.6. The number of carbonyl (C=O) groups excluding carboxylic acids is 2. The van der Waals surface area contributed by atoms with E-state index in [1.165, 1.54) is 18.2 Å². The number of furan rings is 1. The van der Waals surface area contributed by atoms with Crippen LogP contribution in [0.25, 0.3) is 11.0 Å². The molecule has 3 aromatic rings. The molecule has 0 aliphatic heterocycles. The number of nitrogens with one attached hydrogen (secondary N) is 2. The van der Waals surface area contributed by atoms with Crippen LogP contribution in [0.5, 0.6) is 0 Å². The van der Waals surface area contributed by atoms with Gasteiger partial charge in [-0.25, -0.2) is 4.39 Å². The zero-order valence-electron chi connectivity index (χ0n) is 13.2. The lowest BCUT2D eigenvalue weighted by atomic mass is 10.2. The zero-order chi connectivity index (χ0) is 17.4. The minimum absolute atomic E-state index is 0.0341. The molecular formula is C19H15FN2O3. The van der Waals surface area contributed by atoms with Crippen LogP contribution in [0.1, 0.15) is 23.4 Å².